The zero-order chi connectivity index (χ0) is 11.5. The molecular formula is C13H19BrN2. The van der Waals surface area contributed by atoms with Crippen LogP contribution in [-0.2, 0) is 0 Å². The molecule has 88 valence electrons. The number of nitrogens with two attached hydrogens (primary N) is 1. The Bertz CT molecular complexity index is 354. The Morgan fingerprint density at radius 3 is 3.00 bits per heavy atom. The molecule has 0 bridgehead atoms. The van der Waals surface area contributed by atoms with E-state index < -0.39 is 0 Å². The minimum atomic E-state index is 0.267. The van der Waals surface area contributed by atoms with Crippen molar-refractivity contribution in [2.45, 2.75) is 31.8 Å². The monoisotopic (exact) mass is 282 g/mol. The smallest absolute Gasteiger partial charge is 0.0499 e. The third kappa shape index (κ3) is 2.47. The third-order valence-electron chi connectivity index (χ3n) is 3.38. The molecule has 2 atom stereocenters. The predicted molar refractivity (Wildman–Crippen MR) is 71.3 cm³/mol. The lowest BCUT2D eigenvalue weighted by Gasteiger charge is -2.39. The van der Waals surface area contributed by atoms with Crippen molar-refractivity contribution in [3.05, 3.63) is 34.3 Å². The largest absolute Gasteiger partial charge is 0.326 e. The van der Waals surface area contributed by atoms with Gasteiger partial charge >= 0.3 is 0 Å². The number of halogens is 1. The van der Waals surface area contributed by atoms with E-state index >= 15 is 0 Å². The Morgan fingerprint density at radius 2 is 2.31 bits per heavy atom. The van der Waals surface area contributed by atoms with E-state index in [1.807, 2.05) is 0 Å². The van der Waals surface area contributed by atoms with E-state index in [1.54, 1.807) is 0 Å². The lowest BCUT2D eigenvalue weighted by atomic mass is 9.91. The van der Waals surface area contributed by atoms with Crippen LogP contribution in [0.15, 0.2) is 28.7 Å². The second-order valence-electron chi connectivity index (χ2n) is 4.43. The zero-order valence-corrected chi connectivity index (χ0v) is 11.3. The van der Waals surface area contributed by atoms with Gasteiger partial charge in [-0.1, -0.05) is 35.0 Å². The van der Waals surface area contributed by atoms with Gasteiger partial charge < -0.3 is 5.73 Å². The van der Waals surface area contributed by atoms with Gasteiger partial charge in [0.05, 0.1) is 0 Å². The topological polar surface area (TPSA) is 29.3 Å². The molecule has 0 saturated carbocycles. The molecule has 2 unspecified atom stereocenters. The molecule has 16 heavy (non-hydrogen) atoms. The van der Waals surface area contributed by atoms with Crippen molar-refractivity contribution in [3.63, 3.8) is 0 Å². The van der Waals surface area contributed by atoms with Crippen LogP contribution >= 0.6 is 15.9 Å². The normalized spacial score (nSPS) is 26.9. The predicted octanol–water partition coefficient (Wildman–Crippen LogP) is 2.93. The minimum absolute atomic E-state index is 0.267. The van der Waals surface area contributed by atoms with Gasteiger partial charge in [-0.15, -0.1) is 0 Å². The molecule has 0 aromatic heterocycles. The van der Waals surface area contributed by atoms with Gasteiger partial charge in [0.2, 0.25) is 0 Å². The molecule has 1 heterocycles. The van der Waals surface area contributed by atoms with Gasteiger partial charge in [-0.25, -0.2) is 0 Å². The van der Waals surface area contributed by atoms with Crippen molar-refractivity contribution in [1.29, 1.82) is 0 Å². The lowest BCUT2D eigenvalue weighted by molar-refractivity contribution is 0.136. The number of hydrogen-bond acceptors (Lipinski definition) is 2. The number of rotatable bonds is 2. The zero-order valence-electron chi connectivity index (χ0n) is 9.70. The van der Waals surface area contributed by atoms with Crippen molar-refractivity contribution in [3.8, 4) is 0 Å². The Labute approximate surface area is 106 Å². The van der Waals surface area contributed by atoms with E-state index in [0.717, 1.165) is 17.4 Å². The first-order valence-electron chi connectivity index (χ1n) is 5.97. The highest BCUT2D eigenvalue weighted by Crippen LogP contribution is 2.31. The van der Waals surface area contributed by atoms with Gasteiger partial charge in [-0.05, 0) is 43.6 Å². The van der Waals surface area contributed by atoms with Crippen LogP contribution in [0.1, 0.15) is 31.4 Å². The van der Waals surface area contributed by atoms with Gasteiger partial charge in [-0.2, -0.15) is 0 Å². The summed E-state index contributed by atoms with van der Waals surface area (Å²) in [6, 6.07) is 9.18. The van der Waals surface area contributed by atoms with Crippen LogP contribution in [0.4, 0.5) is 0 Å². The van der Waals surface area contributed by atoms with Gasteiger partial charge in [-0.3, -0.25) is 4.90 Å². The molecule has 2 N–H and O–H groups in total. The summed E-state index contributed by atoms with van der Waals surface area (Å²) >= 11 is 3.53. The van der Waals surface area contributed by atoms with Crippen molar-refractivity contribution >= 4 is 15.9 Å². The van der Waals surface area contributed by atoms with E-state index in [-0.39, 0.29) is 6.04 Å². The fourth-order valence-electron chi connectivity index (χ4n) is 2.60. The van der Waals surface area contributed by atoms with Gasteiger partial charge in [0.15, 0.2) is 0 Å². The molecule has 1 aliphatic rings. The molecular weight excluding hydrogens is 264 g/mol. The maximum absolute atomic E-state index is 6.27. The highest BCUT2D eigenvalue weighted by Gasteiger charge is 2.29. The molecule has 1 aliphatic heterocycles. The number of benzene rings is 1. The SMILES string of the molecule is CCN1CCCC(N)C1c1cccc(Br)c1. The van der Waals surface area contributed by atoms with E-state index in [1.165, 1.54) is 18.5 Å². The van der Waals surface area contributed by atoms with Crippen LogP contribution in [-0.4, -0.2) is 24.0 Å². The first-order chi connectivity index (χ1) is 7.72. The second kappa shape index (κ2) is 5.30. The van der Waals surface area contributed by atoms with E-state index in [9.17, 15) is 0 Å². The Hall–Kier alpha value is -0.380. The van der Waals surface area contributed by atoms with Gasteiger partial charge in [0.1, 0.15) is 0 Å². The fourth-order valence-corrected chi connectivity index (χ4v) is 3.02. The molecule has 0 amide bonds. The molecule has 1 fully saturated rings. The second-order valence-corrected chi connectivity index (χ2v) is 5.35. The summed E-state index contributed by atoms with van der Waals surface area (Å²) in [4.78, 5) is 2.48. The molecule has 2 nitrogen and oxygen atoms in total. The van der Waals surface area contributed by atoms with Crippen LogP contribution in [0, 0.1) is 0 Å². The summed E-state index contributed by atoms with van der Waals surface area (Å²) in [5.74, 6) is 0. The molecule has 1 saturated heterocycles. The highest BCUT2D eigenvalue weighted by molar-refractivity contribution is 9.10. The van der Waals surface area contributed by atoms with Crippen LogP contribution in [0.3, 0.4) is 0 Å². The van der Waals surface area contributed by atoms with Crippen LogP contribution in [0.2, 0.25) is 0 Å². The third-order valence-corrected chi connectivity index (χ3v) is 3.87. The molecule has 1 aromatic rings. The number of likely N-dealkylation sites (N-methyl/N-ethyl adjacent to an activating group) is 1. The summed E-state index contributed by atoms with van der Waals surface area (Å²) in [6.07, 6.45) is 2.35. The lowest BCUT2D eigenvalue weighted by Crippen LogP contribution is -2.45. The summed E-state index contributed by atoms with van der Waals surface area (Å²) < 4.78 is 1.14. The fraction of sp³-hybridized carbons (Fsp3) is 0.538. The molecule has 0 radical (unpaired) electrons. The average molecular weight is 283 g/mol. The Kier molecular flexibility index (Phi) is 4.00. The van der Waals surface area contributed by atoms with Crippen molar-refractivity contribution in [1.82, 2.24) is 4.90 Å². The summed E-state index contributed by atoms with van der Waals surface area (Å²) in [7, 11) is 0. The maximum atomic E-state index is 6.27. The summed E-state index contributed by atoms with van der Waals surface area (Å²) in [6.45, 7) is 4.45. The Balaban J connectivity index is 2.28. The molecule has 0 aliphatic carbocycles. The first-order valence-corrected chi connectivity index (χ1v) is 6.76. The van der Waals surface area contributed by atoms with Crippen molar-refractivity contribution in [2.75, 3.05) is 13.1 Å². The molecule has 0 spiro atoms. The van der Waals surface area contributed by atoms with Crippen LogP contribution in [0.25, 0.3) is 0 Å². The minimum Gasteiger partial charge on any atom is -0.326 e. The van der Waals surface area contributed by atoms with E-state index in [4.69, 9.17) is 5.73 Å². The van der Waals surface area contributed by atoms with Gasteiger partial charge in [0, 0.05) is 16.6 Å². The number of piperidine rings is 1. The molecule has 2 rings (SSSR count). The quantitative estimate of drug-likeness (QED) is 0.904. The average Bonchev–Trinajstić information content (AvgIpc) is 2.28. The van der Waals surface area contributed by atoms with E-state index in [0.29, 0.717) is 6.04 Å². The van der Waals surface area contributed by atoms with Crippen LogP contribution < -0.4 is 5.73 Å². The number of hydrogen-bond donors (Lipinski definition) is 1. The number of likely N-dealkylation sites (tertiary alicyclic amines) is 1. The molecule has 3 heteroatoms. The number of nitrogens with zero attached hydrogens (tertiary/aromatic N) is 1. The summed E-state index contributed by atoms with van der Waals surface area (Å²) in [5.41, 5.74) is 7.61. The molecule has 1 aromatic carbocycles. The first kappa shape index (κ1) is 12.1. The standard InChI is InChI=1S/C13H19BrN2/c1-2-16-8-4-7-12(15)13(16)10-5-3-6-11(14)9-10/h3,5-6,9,12-13H,2,4,7-8,15H2,1H3. The maximum Gasteiger partial charge on any atom is 0.0499 e. The summed E-state index contributed by atoms with van der Waals surface area (Å²) in [5, 5.41) is 0. The van der Waals surface area contributed by atoms with Gasteiger partial charge in [0.25, 0.3) is 0 Å². The van der Waals surface area contributed by atoms with E-state index in [2.05, 4.69) is 52.0 Å². The van der Waals surface area contributed by atoms with Crippen LogP contribution in [0.5, 0.6) is 0 Å². The Morgan fingerprint density at radius 1 is 1.50 bits per heavy atom. The van der Waals surface area contributed by atoms with Crippen molar-refractivity contribution in [2.24, 2.45) is 5.73 Å². The van der Waals surface area contributed by atoms with Crippen molar-refractivity contribution < 1.29 is 0 Å². The highest BCUT2D eigenvalue weighted by atomic mass is 79.9.